The van der Waals surface area contributed by atoms with Crippen molar-refractivity contribution in [2.24, 2.45) is 23.7 Å². The number of nitrogens with zero attached hydrogens (tertiary/aromatic N) is 1. The molecule has 15 heteroatoms. The highest BCUT2D eigenvalue weighted by Crippen LogP contribution is 2.47. The highest BCUT2D eigenvalue weighted by Gasteiger charge is 2.61. The van der Waals surface area contributed by atoms with Gasteiger partial charge in [-0.3, -0.25) is 9.59 Å². The number of aliphatic hydroxyl groups is 5. The molecular formula is C37H65NO14. The maximum atomic E-state index is 14.2. The van der Waals surface area contributed by atoms with Crippen LogP contribution in [0.5, 0.6) is 0 Å². The Labute approximate surface area is 308 Å². The molecule has 0 aromatic carbocycles. The van der Waals surface area contributed by atoms with Crippen LogP contribution < -0.4 is 0 Å². The SMILES string of the molecule is CC[C@H]1OC(=O)[C@@H]2CO[C@@]3(C[C@@](C)(OC)[C@@H](O)[C@H](C)O3)O[C@H]2[C@H](C)[C@H](O[C@@H]2O[C@H](C)C[C@H](N(C)C)[C@H]2O)[C@](C)(O)C[C@@H](C)C(=O)[C@H](C)[C@@H](O)[C@]1(C)O. The number of fused-ring (bicyclic) bond motifs is 1. The fraction of sp³-hybridized carbons (Fsp3) is 0.946. The molecule has 0 aromatic heterocycles. The predicted molar refractivity (Wildman–Crippen MR) is 185 cm³/mol. The highest BCUT2D eigenvalue weighted by molar-refractivity contribution is 5.83. The van der Waals surface area contributed by atoms with Crippen molar-refractivity contribution >= 4 is 11.8 Å². The molecule has 302 valence electrons. The second-order valence-electron chi connectivity index (χ2n) is 16.8. The Balaban J connectivity index is 1.86. The van der Waals surface area contributed by atoms with Gasteiger partial charge in [0.1, 0.15) is 41.2 Å². The highest BCUT2D eigenvalue weighted by atomic mass is 16.9. The molecule has 0 unspecified atom stereocenters. The van der Waals surface area contributed by atoms with E-state index in [0.717, 1.165) is 0 Å². The summed E-state index contributed by atoms with van der Waals surface area (Å²) in [6.07, 6.45) is -9.39. The summed E-state index contributed by atoms with van der Waals surface area (Å²) in [5.74, 6) is -7.05. The second-order valence-corrected chi connectivity index (χ2v) is 16.8. The van der Waals surface area contributed by atoms with Gasteiger partial charge >= 0.3 is 5.97 Å². The second kappa shape index (κ2) is 16.0. The van der Waals surface area contributed by atoms with Crippen LogP contribution in [0, 0.1) is 23.7 Å². The average molecular weight is 748 g/mol. The Morgan fingerprint density at radius 1 is 0.962 bits per heavy atom. The third-order valence-corrected chi connectivity index (χ3v) is 12.1. The van der Waals surface area contributed by atoms with E-state index in [1.54, 1.807) is 34.6 Å². The summed E-state index contributed by atoms with van der Waals surface area (Å²) >= 11 is 0. The summed E-state index contributed by atoms with van der Waals surface area (Å²) in [7, 11) is 5.14. The summed E-state index contributed by atoms with van der Waals surface area (Å²) in [5, 5.41) is 57.9. The lowest BCUT2D eigenvalue weighted by Crippen LogP contribution is -2.67. The van der Waals surface area contributed by atoms with Crippen molar-refractivity contribution in [1.82, 2.24) is 4.90 Å². The first-order chi connectivity index (χ1) is 23.9. The minimum atomic E-state index is -2.03. The molecule has 52 heavy (non-hydrogen) atoms. The molecule has 4 aliphatic heterocycles. The number of hydrogen-bond donors (Lipinski definition) is 5. The zero-order chi connectivity index (χ0) is 39.3. The zero-order valence-electron chi connectivity index (χ0n) is 33.0. The minimum Gasteiger partial charge on any atom is -0.459 e. The Bertz CT molecular complexity index is 1250. The van der Waals surface area contributed by atoms with Gasteiger partial charge in [-0.15, -0.1) is 0 Å². The van der Waals surface area contributed by atoms with Crippen molar-refractivity contribution in [3.05, 3.63) is 0 Å². The van der Waals surface area contributed by atoms with E-state index in [2.05, 4.69) is 0 Å². The van der Waals surface area contributed by atoms with E-state index >= 15 is 0 Å². The van der Waals surface area contributed by atoms with Crippen LogP contribution >= 0.6 is 0 Å². The molecule has 0 amide bonds. The third-order valence-electron chi connectivity index (χ3n) is 12.1. The predicted octanol–water partition coefficient (Wildman–Crippen LogP) is 1.12. The number of carbonyl (C=O) groups is 2. The molecule has 4 aliphatic rings. The van der Waals surface area contributed by atoms with Crippen LogP contribution in [0.4, 0.5) is 0 Å². The number of ether oxygens (including phenoxy) is 7. The first-order valence-corrected chi connectivity index (χ1v) is 18.7. The molecule has 4 fully saturated rings. The normalized spacial score (nSPS) is 51.5. The number of rotatable bonds is 5. The maximum absolute atomic E-state index is 14.2. The summed E-state index contributed by atoms with van der Waals surface area (Å²) in [6.45, 7) is 14.3. The van der Waals surface area contributed by atoms with E-state index in [1.165, 1.54) is 27.9 Å². The molecule has 15 nitrogen and oxygen atoms in total. The number of esters is 1. The lowest BCUT2D eigenvalue weighted by Gasteiger charge is -2.55. The number of Topliss-reactive ketones (excluding diaryl/α,β-unsaturated/α-hetero) is 1. The molecule has 18 atom stereocenters. The van der Waals surface area contributed by atoms with Gasteiger partial charge in [-0.25, -0.2) is 0 Å². The number of cyclic esters (lactones) is 1. The van der Waals surface area contributed by atoms with Crippen LogP contribution in [0.1, 0.15) is 88.0 Å². The Morgan fingerprint density at radius 3 is 2.17 bits per heavy atom. The van der Waals surface area contributed by atoms with Crippen molar-refractivity contribution in [3.63, 3.8) is 0 Å². The van der Waals surface area contributed by atoms with Gasteiger partial charge in [0.2, 0.25) is 0 Å². The van der Waals surface area contributed by atoms with Gasteiger partial charge in [-0.05, 0) is 68.0 Å². The molecule has 0 saturated carbocycles. The smallest absolute Gasteiger partial charge is 0.314 e. The summed E-state index contributed by atoms with van der Waals surface area (Å²) < 4.78 is 43.5. The number of methoxy groups -OCH3 is 1. The fourth-order valence-corrected chi connectivity index (χ4v) is 8.87. The molecule has 0 radical (unpaired) electrons. The first kappa shape index (κ1) is 43.4. The van der Waals surface area contributed by atoms with E-state index in [9.17, 15) is 35.1 Å². The van der Waals surface area contributed by atoms with Crippen LogP contribution in [0.3, 0.4) is 0 Å². The molecule has 0 bridgehead atoms. The quantitative estimate of drug-likeness (QED) is 0.250. The van der Waals surface area contributed by atoms with Gasteiger partial charge in [-0.1, -0.05) is 27.7 Å². The Kier molecular flexibility index (Phi) is 13.4. The molecular weight excluding hydrogens is 682 g/mol. The van der Waals surface area contributed by atoms with Gasteiger partial charge in [0.25, 0.3) is 5.97 Å². The largest absolute Gasteiger partial charge is 0.459 e. The standard InChI is InChI=1S/C37H65NO14/c1-13-25-36(9,45)29(41)20(4)26(39)18(2)15-34(7,44)31(50-33-27(40)24(38(10)11)14-19(3)48-33)21(5)28-23(32(43)49-25)16-47-37(52-28)17-35(8,46-12)30(42)22(6)51-37/h18-25,27-31,33,40-42,44-45H,13-17H2,1-12H3/t18-,19-,20+,21+,22+,23-,24+,25-,27-,28+,29-,30+,31+,33+,34-,35-,36-,37-/m1/s1. The van der Waals surface area contributed by atoms with Gasteiger partial charge in [0, 0.05) is 30.9 Å². The molecule has 5 N–H and O–H groups in total. The molecule has 0 aromatic rings. The summed E-state index contributed by atoms with van der Waals surface area (Å²) in [6, 6.07) is -0.338. The average Bonchev–Trinajstić information content (AvgIpc) is 3.07. The van der Waals surface area contributed by atoms with Crippen LogP contribution in [0.25, 0.3) is 0 Å². The van der Waals surface area contributed by atoms with E-state index in [1.807, 2.05) is 25.9 Å². The molecule has 4 heterocycles. The fourth-order valence-electron chi connectivity index (χ4n) is 8.87. The summed E-state index contributed by atoms with van der Waals surface area (Å²) in [5.41, 5.74) is -5.03. The van der Waals surface area contributed by atoms with E-state index in [4.69, 9.17) is 33.2 Å². The first-order valence-electron chi connectivity index (χ1n) is 18.7. The van der Waals surface area contributed by atoms with Crippen molar-refractivity contribution in [3.8, 4) is 0 Å². The number of ketones is 1. The van der Waals surface area contributed by atoms with Crippen molar-refractivity contribution < 1.29 is 68.3 Å². The van der Waals surface area contributed by atoms with Crippen molar-refractivity contribution in [2.75, 3.05) is 27.8 Å². The van der Waals surface area contributed by atoms with Crippen molar-refractivity contribution in [2.45, 2.75) is 172 Å². The van der Waals surface area contributed by atoms with Gasteiger partial charge in [0.05, 0.1) is 49.1 Å². The van der Waals surface area contributed by atoms with Gasteiger partial charge in [-0.2, -0.15) is 0 Å². The van der Waals surface area contributed by atoms with E-state index in [-0.39, 0.29) is 38.0 Å². The van der Waals surface area contributed by atoms with Crippen LogP contribution in [0.15, 0.2) is 0 Å². The lowest BCUT2D eigenvalue weighted by molar-refractivity contribution is -0.474. The van der Waals surface area contributed by atoms with E-state index < -0.39 is 107 Å². The van der Waals surface area contributed by atoms with E-state index in [0.29, 0.717) is 6.42 Å². The molecule has 1 spiro atoms. The number of likely N-dealkylation sites (N-methyl/N-ethyl adjacent to an activating group) is 1. The number of aliphatic hydroxyl groups excluding tert-OH is 3. The monoisotopic (exact) mass is 747 g/mol. The minimum absolute atomic E-state index is 0.0939. The lowest BCUT2D eigenvalue weighted by atomic mass is 9.73. The zero-order valence-corrected chi connectivity index (χ0v) is 33.0. The topological polar surface area (TPSA) is 203 Å². The summed E-state index contributed by atoms with van der Waals surface area (Å²) in [4.78, 5) is 30.0. The maximum Gasteiger partial charge on any atom is 0.314 e. The van der Waals surface area contributed by atoms with Crippen LogP contribution in [-0.4, -0.2) is 154 Å². The molecule has 4 rings (SSSR count). The molecule has 0 aliphatic carbocycles. The van der Waals surface area contributed by atoms with Crippen molar-refractivity contribution in [1.29, 1.82) is 0 Å². The van der Waals surface area contributed by atoms with Crippen LogP contribution in [0.2, 0.25) is 0 Å². The third kappa shape index (κ3) is 8.41. The van der Waals surface area contributed by atoms with Gasteiger partial charge < -0.3 is 63.6 Å². The number of carbonyl (C=O) groups excluding carboxylic acids is 2. The van der Waals surface area contributed by atoms with Gasteiger partial charge in [0.15, 0.2) is 6.29 Å². The molecule has 4 saturated heterocycles. The number of hydrogen-bond acceptors (Lipinski definition) is 15. The van der Waals surface area contributed by atoms with Crippen LogP contribution in [-0.2, 0) is 42.7 Å². The Hall–Kier alpha value is -1.34. The Morgan fingerprint density at radius 2 is 1.60 bits per heavy atom.